The molecule has 0 saturated carbocycles. The van der Waals surface area contributed by atoms with Crippen LogP contribution >= 0.6 is 45.8 Å². The summed E-state index contributed by atoms with van der Waals surface area (Å²) in [4.78, 5) is 11.6. The molecule has 0 spiro atoms. The molecule has 0 aliphatic heterocycles. The first-order chi connectivity index (χ1) is 10.3. The molecule has 0 saturated heterocycles. The lowest BCUT2D eigenvalue weighted by Crippen LogP contribution is -1.80. The molecule has 3 heterocycles. The number of nitrogens with zero attached hydrogens (tertiary/aromatic N) is 4. The molecule has 0 bridgehead atoms. The number of thiazole rings is 2. The van der Waals surface area contributed by atoms with Crippen LogP contribution in [0.25, 0.3) is 0 Å². The van der Waals surface area contributed by atoms with Gasteiger partial charge in [0.25, 0.3) is 0 Å². The molecule has 22 heavy (non-hydrogen) atoms. The summed E-state index contributed by atoms with van der Waals surface area (Å²) in [6.07, 6.45) is 0. The molecule has 3 aromatic rings. The first-order valence-corrected chi connectivity index (χ1v) is 8.74. The van der Waals surface area contributed by atoms with E-state index in [1.54, 1.807) is 0 Å². The van der Waals surface area contributed by atoms with E-state index in [1.165, 1.54) is 34.2 Å². The molecular formula is C11H16ClN7S3. The number of hydrogen-bond acceptors (Lipinski definition) is 10. The van der Waals surface area contributed by atoms with Crippen molar-refractivity contribution >= 4 is 61.2 Å². The van der Waals surface area contributed by atoms with Gasteiger partial charge in [0.1, 0.15) is 10.2 Å². The second-order valence-corrected chi connectivity index (χ2v) is 7.22. The summed E-state index contributed by atoms with van der Waals surface area (Å²) in [6.45, 7) is 5.56. The van der Waals surface area contributed by atoms with Gasteiger partial charge in [0.15, 0.2) is 15.4 Å². The zero-order valence-electron chi connectivity index (χ0n) is 12.2. The molecule has 0 aromatic carbocycles. The predicted octanol–water partition coefficient (Wildman–Crippen LogP) is 3.15. The van der Waals surface area contributed by atoms with Crippen molar-refractivity contribution in [3.8, 4) is 0 Å². The third kappa shape index (κ3) is 6.98. The first kappa shape index (κ1) is 18.6. The monoisotopic (exact) mass is 377 g/mol. The van der Waals surface area contributed by atoms with Crippen molar-refractivity contribution in [2.45, 2.75) is 20.8 Å². The number of rotatable bonds is 0. The SMILES string of the molecule is Cc1csc(N)n1.Cc1nc(N)sc1Cl.Cc1nsc(N)n1. The molecule has 0 fully saturated rings. The van der Waals surface area contributed by atoms with Gasteiger partial charge in [0, 0.05) is 16.9 Å². The van der Waals surface area contributed by atoms with Crippen LogP contribution < -0.4 is 17.2 Å². The normalized spacial score (nSPS) is 9.45. The maximum absolute atomic E-state index is 5.61. The van der Waals surface area contributed by atoms with E-state index in [2.05, 4.69) is 19.3 Å². The Morgan fingerprint density at radius 3 is 1.77 bits per heavy atom. The number of anilines is 3. The average Bonchev–Trinajstić information content (AvgIpc) is 3.06. The van der Waals surface area contributed by atoms with E-state index in [9.17, 15) is 0 Å². The van der Waals surface area contributed by atoms with E-state index in [0.29, 0.717) is 19.7 Å². The molecule has 0 radical (unpaired) electrons. The van der Waals surface area contributed by atoms with E-state index in [0.717, 1.165) is 17.2 Å². The van der Waals surface area contributed by atoms with Crippen LogP contribution in [0.4, 0.5) is 15.4 Å². The molecule has 0 aliphatic carbocycles. The summed E-state index contributed by atoms with van der Waals surface area (Å²) in [5.74, 6) is 0.752. The highest BCUT2D eigenvalue weighted by molar-refractivity contribution is 7.19. The number of hydrogen-bond donors (Lipinski definition) is 3. The van der Waals surface area contributed by atoms with E-state index < -0.39 is 0 Å². The van der Waals surface area contributed by atoms with Crippen LogP contribution in [0.3, 0.4) is 0 Å². The molecular weight excluding hydrogens is 362 g/mol. The lowest BCUT2D eigenvalue weighted by atomic mass is 10.6. The van der Waals surface area contributed by atoms with Gasteiger partial charge in [-0.2, -0.15) is 4.37 Å². The van der Waals surface area contributed by atoms with Crippen LogP contribution in [0, 0.1) is 20.8 Å². The highest BCUT2D eigenvalue weighted by Gasteiger charge is 1.98. The summed E-state index contributed by atoms with van der Waals surface area (Å²) >= 11 is 9.60. The molecule has 11 heteroatoms. The minimum absolute atomic E-state index is 0.535. The van der Waals surface area contributed by atoms with E-state index >= 15 is 0 Å². The summed E-state index contributed by atoms with van der Waals surface area (Å²) in [6, 6.07) is 0. The smallest absolute Gasteiger partial charge is 0.199 e. The molecule has 3 rings (SSSR count). The maximum Gasteiger partial charge on any atom is 0.199 e. The summed E-state index contributed by atoms with van der Waals surface area (Å²) in [5, 5.41) is 3.65. The fourth-order valence-corrected chi connectivity index (χ4v) is 2.90. The lowest BCUT2D eigenvalue weighted by molar-refractivity contribution is 1.17. The second kappa shape index (κ2) is 8.83. The molecule has 0 amide bonds. The Kier molecular flexibility index (Phi) is 7.45. The van der Waals surface area contributed by atoms with Gasteiger partial charge < -0.3 is 17.2 Å². The Labute approximate surface area is 145 Å². The van der Waals surface area contributed by atoms with Crippen molar-refractivity contribution in [3.63, 3.8) is 0 Å². The van der Waals surface area contributed by atoms with Crippen LogP contribution in [0.1, 0.15) is 17.2 Å². The Bertz CT molecular complexity index is 615. The van der Waals surface area contributed by atoms with Crippen LogP contribution in [0.15, 0.2) is 5.38 Å². The van der Waals surface area contributed by atoms with Gasteiger partial charge in [0.2, 0.25) is 0 Å². The highest BCUT2D eigenvalue weighted by atomic mass is 35.5. The predicted molar refractivity (Wildman–Crippen MR) is 96.6 cm³/mol. The third-order valence-corrected chi connectivity index (χ3v) is 4.64. The van der Waals surface area contributed by atoms with Crippen LogP contribution in [0.2, 0.25) is 4.34 Å². The molecule has 6 N–H and O–H groups in total. The fourth-order valence-electron chi connectivity index (χ4n) is 1.08. The lowest BCUT2D eigenvalue weighted by Gasteiger charge is -1.74. The maximum atomic E-state index is 5.61. The molecule has 7 nitrogen and oxygen atoms in total. The van der Waals surface area contributed by atoms with Gasteiger partial charge in [-0.15, -0.1) is 11.3 Å². The number of aryl methyl sites for hydroxylation is 3. The second-order valence-electron chi connectivity index (χ2n) is 3.92. The topological polar surface area (TPSA) is 130 Å². The standard InChI is InChI=1S/C4H5ClN2S.C4H6N2S.C3H5N3S/c1-2-3(5)8-4(6)7-2;1-3-2-7-4(5)6-3;1-2-5-3(4)7-6-2/h1H3,(H2,6,7);2H,1H3,(H2,5,6);1H3,(H2,4,5,6). The van der Waals surface area contributed by atoms with Crippen molar-refractivity contribution in [1.82, 2.24) is 19.3 Å². The number of nitrogen functional groups attached to an aromatic ring is 3. The minimum atomic E-state index is 0.535. The van der Waals surface area contributed by atoms with Crippen molar-refractivity contribution in [2.75, 3.05) is 17.2 Å². The van der Waals surface area contributed by atoms with Crippen molar-refractivity contribution in [3.05, 3.63) is 26.9 Å². The number of aromatic nitrogens is 4. The quantitative estimate of drug-likeness (QED) is 0.548. The Morgan fingerprint density at radius 1 is 0.955 bits per heavy atom. The Hall–Kier alpha value is -1.49. The summed E-state index contributed by atoms with van der Waals surface area (Å²) in [5.41, 5.74) is 17.6. The van der Waals surface area contributed by atoms with E-state index in [1.807, 2.05) is 26.2 Å². The van der Waals surface area contributed by atoms with Gasteiger partial charge in [-0.1, -0.05) is 22.9 Å². The molecule has 0 atom stereocenters. The average molecular weight is 378 g/mol. The molecule has 0 unspecified atom stereocenters. The van der Waals surface area contributed by atoms with Crippen molar-refractivity contribution in [1.29, 1.82) is 0 Å². The van der Waals surface area contributed by atoms with Gasteiger partial charge in [0.05, 0.1) is 11.4 Å². The van der Waals surface area contributed by atoms with Crippen LogP contribution in [0.5, 0.6) is 0 Å². The zero-order valence-corrected chi connectivity index (χ0v) is 15.4. The van der Waals surface area contributed by atoms with Gasteiger partial charge >= 0.3 is 0 Å². The third-order valence-electron chi connectivity index (χ3n) is 1.94. The van der Waals surface area contributed by atoms with Crippen molar-refractivity contribution in [2.24, 2.45) is 0 Å². The Balaban J connectivity index is 0.000000166. The van der Waals surface area contributed by atoms with Gasteiger partial charge in [-0.05, 0) is 20.8 Å². The Morgan fingerprint density at radius 2 is 1.64 bits per heavy atom. The van der Waals surface area contributed by atoms with Gasteiger partial charge in [-0.3, -0.25) is 0 Å². The zero-order chi connectivity index (χ0) is 16.7. The van der Waals surface area contributed by atoms with Crippen LogP contribution in [-0.4, -0.2) is 19.3 Å². The molecule has 3 aromatic heterocycles. The summed E-state index contributed by atoms with van der Waals surface area (Å²) < 4.78 is 4.50. The fraction of sp³-hybridized carbons (Fsp3) is 0.273. The largest absolute Gasteiger partial charge is 0.375 e. The summed E-state index contributed by atoms with van der Waals surface area (Å²) in [7, 11) is 0. The minimum Gasteiger partial charge on any atom is -0.375 e. The van der Waals surface area contributed by atoms with Crippen molar-refractivity contribution < 1.29 is 0 Å². The number of halogens is 1. The molecule has 0 aliphatic rings. The first-order valence-electron chi connectivity index (χ1n) is 5.89. The highest BCUT2D eigenvalue weighted by Crippen LogP contribution is 2.24. The molecule has 120 valence electrons. The number of nitrogens with two attached hydrogens (primary N) is 3. The van der Waals surface area contributed by atoms with Crippen LogP contribution in [-0.2, 0) is 0 Å². The van der Waals surface area contributed by atoms with E-state index in [4.69, 9.17) is 28.8 Å². The van der Waals surface area contributed by atoms with Gasteiger partial charge in [-0.25, -0.2) is 15.0 Å². The van der Waals surface area contributed by atoms with E-state index in [-0.39, 0.29) is 0 Å².